The number of hydrogen-bond acceptors (Lipinski definition) is 6. The van der Waals surface area contributed by atoms with Crippen LogP contribution in [0.4, 0.5) is 4.39 Å². The fraction of sp³-hybridized carbons (Fsp3) is 0.156. The molecule has 6 rings (SSSR count). The van der Waals surface area contributed by atoms with Crippen LogP contribution < -0.4 is 14.8 Å². The maximum atomic E-state index is 13.4. The number of ether oxygens (including phenoxy) is 2. The van der Waals surface area contributed by atoms with Crippen molar-refractivity contribution in [2.24, 2.45) is 0 Å². The molecule has 41 heavy (non-hydrogen) atoms. The highest BCUT2D eigenvalue weighted by Crippen LogP contribution is 2.31. The van der Waals surface area contributed by atoms with Gasteiger partial charge in [0.25, 0.3) is 5.91 Å². The van der Waals surface area contributed by atoms with Crippen molar-refractivity contribution in [2.45, 2.75) is 26.5 Å². The molecule has 0 bridgehead atoms. The Morgan fingerprint density at radius 3 is 2.56 bits per heavy atom. The minimum absolute atomic E-state index is 0. The van der Waals surface area contributed by atoms with E-state index in [1.807, 2.05) is 73.7 Å². The van der Waals surface area contributed by atoms with E-state index in [-0.39, 0.29) is 19.2 Å². The lowest BCUT2D eigenvalue weighted by atomic mass is 10.0. The molecular formula is C32H29FN4O3S. The van der Waals surface area contributed by atoms with Crippen molar-refractivity contribution in [3.63, 3.8) is 0 Å². The topological polar surface area (TPSA) is 78.3 Å². The highest BCUT2D eigenvalue weighted by atomic mass is 32.1. The predicted octanol–water partition coefficient (Wildman–Crippen LogP) is 7.36. The van der Waals surface area contributed by atoms with Crippen molar-refractivity contribution in [1.82, 2.24) is 20.1 Å². The van der Waals surface area contributed by atoms with Crippen LogP contribution in [-0.2, 0) is 0 Å². The number of amides is 1. The number of fused-ring (bicyclic) bond motifs is 2. The van der Waals surface area contributed by atoms with Gasteiger partial charge in [0.15, 0.2) is 5.01 Å². The van der Waals surface area contributed by atoms with Crippen molar-refractivity contribution < 1.29 is 18.7 Å². The summed E-state index contributed by atoms with van der Waals surface area (Å²) in [5.41, 5.74) is 3.25. The number of nitrogens with one attached hydrogen (secondary N) is 1. The van der Waals surface area contributed by atoms with E-state index in [2.05, 4.69) is 15.4 Å². The number of hydrogen-bond donors (Lipinski definition) is 1. The Labute approximate surface area is 241 Å². The van der Waals surface area contributed by atoms with Crippen LogP contribution in [0, 0.1) is 5.82 Å². The lowest BCUT2D eigenvalue weighted by molar-refractivity contribution is 0.0881. The van der Waals surface area contributed by atoms with Crippen LogP contribution in [0.3, 0.4) is 0 Å². The van der Waals surface area contributed by atoms with Gasteiger partial charge >= 0.3 is 0 Å². The standard InChI is InChI=1S/C31H25FN4O3S.CH4/c1-19(34-30(37)31-35-26-8-3-4-9-28(26)40-31)29(20-6-5-7-24(16-20)38-2)39-25-14-15-27-21(17-25)18-33-36(27)23-12-10-22(32)11-13-23;/h3-19,29H,1-2H3,(H,34,37);1H4/t19-,29-;/m0./s1. The van der Waals surface area contributed by atoms with E-state index >= 15 is 0 Å². The number of halogens is 1. The minimum Gasteiger partial charge on any atom is -0.497 e. The average Bonchev–Trinajstić information content (AvgIpc) is 3.61. The minimum atomic E-state index is -0.530. The van der Waals surface area contributed by atoms with Gasteiger partial charge in [-0.3, -0.25) is 4.79 Å². The summed E-state index contributed by atoms with van der Waals surface area (Å²) in [6.45, 7) is 1.90. The number of para-hydroxylation sites is 1. The molecule has 0 saturated carbocycles. The zero-order valence-electron chi connectivity index (χ0n) is 21.7. The van der Waals surface area contributed by atoms with Crippen molar-refractivity contribution in [3.8, 4) is 17.2 Å². The lowest BCUT2D eigenvalue weighted by Crippen LogP contribution is -2.39. The molecule has 0 aliphatic carbocycles. The van der Waals surface area contributed by atoms with Gasteiger partial charge in [-0.1, -0.05) is 31.7 Å². The van der Waals surface area contributed by atoms with Gasteiger partial charge in [0.05, 0.1) is 40.8 Å². The van der Waals surface area contributed by atoms with E-state index in [9.17, 15) is 9.18 Å². The first-order valence-corrected chi connectivity index (χ1v) is 13.5. The fourth-order valence-corrected chi connectivity index (χ4v) is 5.48. The molecule has 0 aliphatic rings. The molecule has 2 aromatic heterocycles. The first kappa shape index (κ1) is 27.8. The highest BCUT2D eigenvalue weighted by molar-refractivity contribution is 7.20. The summed E-state index contributed by atoms with van der Waals surface area (Å²) in [7, 11) is 1.61. The number of carbonyl (C=O) groups is 1. The maximum absolute atomic E-state index is 13.4. The third-order valence-corrected chi connectivity index (χ3v) is 7.63. The van der Waals surface area contributed by atoms with Gasteiger partial charge in [0, 0.05) is 5.39 Å². The highest BCUT2D eigenvalue weighted by Gasteiger charge is 2.26. The van der Waals surface area contributed by atoms with Crippen molar-refractivity contribution >= 4 is 38.4 Å². The average molecular weight is 569 g/mol. The lowest BCUT2D eigenvalue weighted by Gasteiger charge is -2.26. The van der Waals surface area contributed by atoms with Crippen LogP contribution in [0.1, 0.15) is 35.8 Å². The molecule has 4 aromatic carbocycles. The van der Waals surface area contributed by atoms with Crippen molar-refractivity contribution in [2.75, 3.05) is 7.11 Å². The van der Waals surface area contributed by atoms with E-state index < -0.39 is 12.1 Å². The van der Waals surface area contributed by atoms with E-state index in [4.69, 9.17) is 9.47 Å². The second kappa shape index (κ2) is 11.8. The third-order valence-electron chi connectivity index (χ3n) is 6.60. The fourth-order valence-electron chi connectivity index (χ4n) is 4.61. The molecule has 1 amide bonds. The van der Waals surface area contributed by atoms with Crippen LogP contribution in [-0.4, -0.2) is 33.8 Å². The van der Waals surface area contributed by atoms with Gasteiger partial charge in [0.2, 0.25) is 0 Å². The zero-order valence-corrected chi connectivity index (χ0v) is 22.6. The molecule has 0 radical (unpaired) electrons. The third kappa shape index (κ3) is 5.76. The van der Waals surface area contributed by atoms with Crippen molar-refractivity contribution in [1.29, 1.82) is 0 Å². The van der Waals surface area contributed by atoms with Gasteiger partial charge in [0.1, 0.15) is 23.4 Å². The number of methoxy groups -OCH3 is 1. The molecule has 0 unspecified atom stereocenters. The quantitative estimate of drug-likeness (QED) is 0.208. The van der Waals surface area contributed by atoms with E-state index in [0.29, 0.717) is 16.5 Å². The van der Waals surface area contributed by atoms with Crippen LogP contribution in [0.15, 0.2) is 97.2 Å². The Balaban J connectivity index is 0.00000337. The molecule has 6 aromatic rings. The first-order valence-electron chi connectivity index (χ1n) is 12.7. The van der Waals surface area contributed by atoms with Gasteiger partial charge in [-0.2, -0.15) is 5.10 Å². The molecular weight excluding hydrogens is 539 g/mol. The summed E-state index contributed by atoms with van der Waals surface area (Å²) in [6.07, 6.45) is 1.21. The van der Waals surface area contributed by atoms with E-state index in [1.54, 1.807) is 30.1 Å². The van der Waals surface area contributed by atoms with Crippen LogP contribution >= 0.6 is 11.3 Å². The monoisotopic (exact) mass is 568 g/mol. The van der Waals surface area contributed by atoms with Crippen LogP contribution in [0.2, 0.25) is 0 Å². The SMILES string of the molecule is C.COc1cccc([C@@H](Oc2ccc3c(cnn3-c3ccc(F)cc3)c2)[C@H](C)NC(=O)c2nc3ccccc3s2)c1. The Kier molecular flexibility index (Phi) is 7.98. The molecule has 0 saturated heterocycles. The number of thiazole rings is 1. The summed E-state index contributed by atoms with van der Waals surface area (Å²) >= 11 is 1.35. The van der Waals surface area contributed by atoms with Gasteiger partial charge in [-0.15, -0.1) is 11.3 Å². The van der Waals surface area contributed by atoms with E-state index in [0.717, 1.165) is 32.4 Å². The number of rotatable bonds is 8. The summed E-state index contributed by atoms with van der Waals surface area (Å²) in [4.78, 5) is 17.7. The van der Waals surface area contributed by atoms with Crippen LogP contribution in [0.5, 0.6) is 11.5 Å². The number of aromatic nitrogens is 3. The van der Waals surface area contributed by atoms with E-state index in [1.165, 1.54) is 23.5 Å². The molecule has 9 heteroatoms. The number of nitrogens with zero attached hydrogens (tertiary/aromatic N) is 3. The normalized spacial score (nSPS) is 12.5. The Morgan fingerprint density at radius 1 is 0.976 bits per heavy atom. The maximum Gasteiger partial charge on any atom is 0.280 e. The Bertz CT molecular complexity index is 1780. The molecule has 208 valence electrons. The Hall–Kier alpha value is -4.76. The molecule has 0 spiro atoms. The molecule has 2 heterocycles. The van der Waals surface area contributed by atoms with Gasteiger partial charge < -0.3 is 14.8 Å². The summed E-state index contributed by atoms with van der Waals surface area (Å²) < 4.78 is 28.1. The Morgan fingerprint density at radius 2 is 1.78 bits per heavy atom. The first-order chi connectivity index (χ1) is 19.5. The zero-order chi connectivity index (χ0) is 27.6. The second-order valence-corrected chi connectivity index (χ2v) is 10.3. The number of carbonyl (C=O) groups excluding carboxylic acids is 1. The molecule has 1 N–H and O–H groups in total. The number of benzene rings is 4. The second-order valence-electron chi connectivity index (χ2n) is 9.32. The summed E-state index contributed by atoms with van der Waals surface area (Å²) in [5, 5.41) is 8.81. The molecule has 0 fully saturated rings. The molecule has 7 nitrogen and oxygen atoms in total. The van der Waals surface area contributed by atoms with Gasteiger partial charge in [-0.25, -0.2) is 14.1 Å². The summed E-state index contributed by atoms with van der Waals surface area (Å²) in [5.74, 6) is 0.733. The largest absolute Gasteiger partial charge is 0.497 e. The van der Waals surface area contributed by atoms with Gasteiger partial charge in [-0.05, 0) is 79.2 Å². The molecule has 0 aliphatic heterocycles. The van der Waals surface area contributed by atoms with Crippen molar-refractivity contribution in [3.05, 3.63) is 114 Å². The molecule has 2 atom stereocenters. The van der Waals surface area contributed by atoms with Crippen LogP contribution in [0.25, 0.3) is 26.8 Å². The smallest absolute Gasteiger partial charge is 0.280 e. The predicted molar refractivity (Wildman–Crippen MR) is 161 cm³/mol. The summed E-state index contributed by atoms with van der Waals surface area (Å²) in [6, 6.07) is 26.7.